The molecule has 180 valence electrons. The normalized spacial score (nSPS) is 17.2. The molecule has 34 heavy (non-hydrogen) atoms. The van der Waals surface area contributed by atoms with Crippen LogP contribution in [0.25, 0.3) is 27.6 Å². The minimum absolute atomic E-state index is 0.255. The lowest BCUT2D eigenvalue weighted by atomic mass is 9.97. The molecule has 1 N–H and O–H groups in total. The van der Waals surface area contributed by atoms with Gasteiger partial charge in [0.1, 0.15) is 22.0 Å². The van der Waals surface area contributed by atoms with E-state index in [2.05, 4.69) is 52.7 Å². The lowest BCUT2D eigenvalue weighted by Gasteiger charge is -2.40. The first-order chi connectivity index (χ1) is 16.5. The van der Waals surface area contributed by atoms with Gasteiger partial charge in [-0.15, -0.1) is 0 Å². The molecule has 0 aliphatic carbocycles. The Morgan fingerprint density at radius 2 is 2.12 bits per heavy atom. The summed E-state index contributed by atoms with van der Waals surface area (Å²) in [5.41, 5.74) is 4.66. The van der Waals surface area contributed by atoms with Gasteiger partial charge in [-0.05, 0) is 31.9 Å². The van der Waals surface area contributed by atoms with Crippen molar-refractivity contribution in [3.05, 3.63) is 30.4 Å². The number of hydrogen-bond acceptors (Lipinski definition) is 8. The van der Waals surface area contributed by atoms with Crippen molar-refractivity contribution in [2.24, 2.45) is 0 Å². The number of pyridine rings is 1. The summed E-state index contributed by atoms with van der Waals surface area (Å²) in [7, 11) is 1.65. The van der Waals surface area contributed by atoms with E-state index in [1.165, 1.54) is 24.3 Å². The Morgan fingerprint density at radius 3 is 2.85 bits per heavy atom. The summed E-state index contributed by atoms with van der Waals surface area (Å²) in [6.07, 6.45) is 6.70. The molecule has 1 saturated heterocycles. The predicted octanol–water partition coefficient (Wildman–Crippen LogP) is 4.30. The second-order valence-corrected chi connectivity index (χ2v) is 10.2. The number of aromatic amines is 1. The SMILES string of the molecule is CCCN1CCN(c2cnc(-c3n[nH]c(-c4cc(OC)c5ncnn5c4)c3C(C)C)s2)[C@@H](C)C1. The molecule has 9 nitrogen and oxygen atoms in total. The monoisotopic (exact) mass is 480 g/mol. The number of nitrogens with zero attached hydrogens (tertiary/aromatic N) is 7. The molecule has 1 fully saturated rings. The highest BCUT2D eigenvalue weighted by Gasteiger charge is 2.27. The third-order valence-corrected chi connectivity index (χ3v) is 7.50. The first-order valence-electron chi connectivity index (χ1n) is 11.9. The lowest BCUT2D eigenvalue weighted by Crippen LogP contribution is -2.51. The Labute approximate surface area is 203 Å². The van der Waals surface area contributed by atoms with Crippen molar-refractivity contribution in [2.75, 3.05) is 38.2 Å². The van der Waals surface area contributed by atoms with Crippen LogP contribution in [0.15, 0.2) is 24.8 Å². The summed E-state index contributed by atoms with van der Waals surface area (Å²) in [4.78, 5) is 14.1. The van der Waals surface area contributed by atoms with Crippen molar-refractivity contribution in [2.45, 2.75) is 46.1 Å². The topological polar surface area (TPSA) is 87.5 Å². The molecule has 0 saturated carbocycles. The molecule has 0 amide bonds. The van der Waals surface area contributed by atoms with Crippen LogP contribution < -0.4 is 9.64 Å². The molecule has 1 atom stereocenters. The third kappa shape index (κ3) is 4.05. The van der Waals surface area contributed by atoms with Crippen LogP contribution in [-0.2, 0) is 0 Å². The van der Waals surface area contributed by atoms with Crippen LogP contribution in [0.2, 0.25) is 0 Å². The molecule has 0 radical (unpaired) electrons. The van der Waals surface area contributed by atoms with Crippen LogP contribution in [0.5, 0.6) is 5.75 Å². The van der Waals surface area contributed by atoms with E-state index >= 15 is 0 Å². The number of thiazole rings is 1. The lowest BCUT2D eigenvalue weighted by molar-refractivity contribution is 0.230. The summed E-state index contributed by atoms with van der Waals surface area (Å²) in [6, 6.07) is 2.45. The second-order valence-electron chi connectivity index (χ2n) is 9.19. The van der Waals surface area contributed by atoms with E-state index in [9.17, 15) is 0 Å². The molecule has 4 aromatic rings. The first-order valence-corrected chi connectivity index (χ1v) is 12.7. The Bertz CT molecular complexity index is 1280. The van der Waals surface area contributed by atoms with Crippen LogP contribution in [0.1, 0.15) is 45.6 Å². The van der Waals surface area contributed by atoms with E-state index in [1.807, 2.05) is 18.5 Å². The van der Waals surface area contributed by atoms with Crippen LogP contribution in [0.4, 0.5) is 5.00 Å². The summed E-state index contributed by atoms with van der Waals surface area (Å²) in [5, 5.41) is 14.5. The highest BCUT2D eigenvalue weighted by Crippen LogP contribution is 2.40. The van der Waals surface area contributed by atoms with Gasteiger partial charge in [0.25, 0.3) is 0 Å². The zero-order valence-electron chi connectivity index (χ0n) is 20.4. The maximum Gasteiger partial charge on any atom is 0.197 e. The van der Waals surface area contributed by atoms with Gasteiger partial charge in [0.15, 0.2) is 11.4 Å². The number of anilines is 1. The van der Waals surface area contributed by atoms with Gasteiger partial charge in [-0.1, -0.05) is 32.1 Å². The Hall–Kier alpha value is -2.98. The molecule has 0 bridgehead atoms. The number of aromatic nitrogens is 6. The average molecular weight is 481 g/mol. The molecular weight excluding hydrogens is 448 g/mol. The minimum Gasteiger partial charge on any atom is -0.493 e. The zero-order valence-corrected chi connectivity index (χ0v) is 21.3. The number of nitrogens with one attached hydrogen (secondary N) is 1. The zero-order chi connectivity index (χ0) is 23.8. The fourth-order valence-corrected chi connectivity index (χ4v) is 5.92. The fourth-order valence-electron chi connectivity index (χ4n) is 4.87. The van der Waals surface area contributed by atoms with Gasteiger partial charge < -0.3 is 9.64 Å². The van der Waals surface area contributed by atoms with Crippen molar-refractivity contribution >= 4 is 22.0 Å². The molecule has 1 aliphatic heterocycles. The van der Waals surface area contributed by atoms with E-state index in [4.69, 9.17) is 14.8 Å². The van der Waals surface area contributed by atoms with Gasteiger partial charge in [0, 0.05) is 43.0 Å². The largest absolute Gasteiger partial charge is 0.493 e. The molecule has 10 heteroatoms. The first kappa shape index (κ1) is 22.8. The maximum atomic E-state index is 5.57. The van der Waals surface area contributed by atoms with Crippen molar-refractivity contribution in [1.29, 1.82) is 0 Å². The van der Waals surface area contributed by atoms with Gasteiger partial charge in [-0.25, -0.2) is 14.5 Å². The van der Waals surface area contributed by atoms with E-state index in [-0.39, 0.29) is 5.92 Å². The Kier molecular flexibility index (Phi) is 6.26. The molecular formula is C24H32N8OS. The maximum absolute atomic E-state index is 5.57. The quantitative estimate of drug-likeness (QED) is 0.422. The van der Waals surface area contributed by atoms with Crippen LogP contribution in [-0.4, -0.2) is 74.0 Å². The Morgan fingerprint density at radius 1 is 1.26 bits per heavy atom. The van der Waals surface area contributed by atoms with Crippen molar-refractivity contribution < 1.29 is 4.74 Å². The van der Waals surface area contributed by atoms with Gasteiger partial charge >= 0.3 is 0 Å². The summed E-state index contributed by atoms with van der Waals surface area (Å²) < 4.78 is 7.30. The van der Waals surface area contributed by atoms with Crippen molar-refractivity contribution in [3.63, 3.8) is 0 Å². The molecule has 1 aliphatic rings. The molecule has 0 spiro atoms. The highest BCUT2D eigenvalue weighted by atomic mass is 32.1. The number of methoxy groups -OCH3 is 1. The number of hydrogen-bond donors (Lipinski definition) is 1. The summed E-state index contributed by atoms with van der Waals surface area (Å²) in [6.45, 7) is 13.3. The molecule has 5 rings (SSSR count). The van der Waals surface area contributed by atoms with Crippen molar-refractivity contribution in [1.82, 2.24) is 34.7 Å². The van der Waals surface area contributed by atoms with Crippen LogP contribution in [0, 0.1) is 0 Å². The van der Waals surface area contributed by atoms with Crippen LogP contribution >= 0.6 is 11.3 Å². The van der Waals surface area contributed by atoms with Crippen molar-refractivity contribution in [3.8, 4) is 27.7 Å². The van der Waals surface area contributed by atoms with Crippen LogP contribution in [0.3, 0.4) is 0 Å². The highest BCUT2D eigenvalue weighted by molar-refractivity contribution is 7.18. The third-order valence-electron chi connectivity index (χ3n) is 6.46. The van der Waals surface area contributed by atoms with E-state index in [1.54, 1.807) is 23.0 Å². The van der Waals surface area contributed by atoms with Gasteiger partial charge in [0.2, 0.25) is 0 Å². The predicted molar refractivity (Wildman–Crippen MR) is 136 cm³/mol. The molecule has 0 unspecified atom stereocenters. The second kappa shape index (κ2) is 9.34. The van der Waals surface area contributed by atoms with E-state index < -0.39 is 0 Å². The average Bonchev–Trinajstić information content (AvgIpc) is 3.57. The number of H-pyrrole nitrogens is 1. The van der Waals surface area contributed by atoms with Gasteiger partial charge in [0.05, 0.1) is 19.0 Å². The number of rotatable bonds is 7. The van der Waals surface area contributed by atoms with E-state index in [0.29, 0.717) is 17.4 Å². The number of piperazine rings is 1. The minimum atomic E-state index is 0.255. The van der Waals surface area contributed by atoms with Gasteiger partial charge in [-0.3, -0.25) is 10.00 Å². The molecule has 4 aromatic heterocycles. The van der Waals surface area contributed by atoms with E-state index in [0.717, 1.165) is 47.2 Å². The number of fused-ring (bicyclic) bond motifs is 1. The summed E-state index contributed by atoms with van der Waals surface area (Å²) >= 11 is 1.72. The standard InChI is InChI=1S/C24H32N8OS/c1-6-7-30-8-9-31(16(4)12-30)19-11-25-24(34-19)22-20(15(2)3)21(28-29-22)17-10-18(33-5)23-26-14-27-32(23)13-17/h10-11,13-16H,6-9,12H2,1-5H3,(H,28,29)/t16-/m0/s1. The number of ether oxygens (including phenoxy) is 1. The fraction of sp³-hybridized carbons (Fsp3) is 0.500. The smallest absolute Gasteiger partial charge is 0.197 e. The summed E-state index contributed by atoms with van der Waals surface area (Å²) in [5.74, 6) is 0.929. The molecule has 0 aromatic carbocycles. The van der Waals surface area contributed by atoms with Gasteiger partial charge in [-0.2, -0.15) is 10.2 Å². The molecule has 5 heterocycles. The Balaban J connectivity index is 1.48.